The standard InChI is InChI=1S/C16H25N3O/c17-14-5-4-13-2-1-3-16(15(13)12-14)18-6-7-19-8-10-20-11-9-19/h4-5,12,16,18H,1-3,6-11,17H2. The number of nitrogens with zero attached hydrogens (tertiary/aromatic N) is 1. The van der Waals surface area contributed by atoms with Crippen LogP contribution in [0.1, 0.15) is 30.0 Å². The number of hydrogen-bond donors (Lipinski definition) is 2. The Balaban J connectivity index is 1.54. The lowest BCUT2D eigenvalue weighted by molar-refractivity contribution is 0.0380. The van der Waals surface area contributed by atoms with Gasteiger partial charge in [0.05, 0.1) is 13.2 Å². The number of nitrogens with one attached hydrogen (secondary N) is 1. The molecule has 1 atom stereocenters. The number of hydrogen-bond acceptors (Lipinski definition) is 4. The zero-order valence-corrected chi connectivity index (χ0v) is 12.1. The number of morpholine rings is 1. The van der Waals surface area contributed by atoms with E-state index in [1.54, 1.807) is 0 Å². The molecule has 0 spiro atoms. The Bertz CT molecular complexity index is 443. The minimum Gasteiger partial charge on any atom is -0.399 e. The van der Waals surface area contributed by atoms with E-state index in [1.165, 1.54) is 30.4 Å². The summed E-state index contributed by atoms with van der Waals surface area (Å²) in [7, 11) is 0. The first-order valence-corrected chi connectivity index (χ1v) is 7.75. The maximum absolute atomic E-state index is 5.94. The lowest BCUT2D eigenvalue weighted by Gasteiger charge is -2.30. The summed E-state index contributed by atoms with van der Waals surface area (Å²) < 4.78 is 5.38. The number of fused-ring (bicyclic) bond motifs is 1. The lowest BCUT2D eigenvalue weighted by Crippen LogP contribution is -2.41. The van der Waals surface area contributed by atoms with E-state index in [-0.39, 0.29) is 0 Å². The van der Waals surface area contributed by atoms with Crippen LogP contribution in [0.3, 0.4) is 0 Å². The van der Waals surface area contributed by atoms with Crippen molar-refractivity contribution in [2.75, 3.05) is 45.1 Å². The second kappa shape index (κ2) is 6.57. The summed E-state index contributed by atoms with van der Waals surface area (Å²) in [6.45, 7) is 6.04. The van der Waals surface area contributed by atoms with E-state index < -0.39 is 0 Å². The largest absolute Gasteiger partial charge is 0.399 e. The van der Waals surface area contributed by atoms with E-state index in [1.807, 2.05) is 6.07 Å². The summed E-state index contributed by atoms with van der Waals surface area (Å²) in [5, 5.41) is 3.71. The zero-order valence-electron chi connectivity index (χ0n) is 12.1. The van der Waals surface area contributed by atoms with Crippen molar-refractivity contribution in [1.29, 1.82) is 0 Å². The summed E-state index contributed by atoms with van der Waals surface area (Å²) in [4.78, 5) is 2.47. The fourth-order valence-electron chi connectivity index (χ4n) is 3.25. The monoisotopic (exact) mass is 275 g/mol. The smallest absolute Gasteiger partial charge is 0.0594 e. The molecule has 1 heterocycles. The van der Waals surface area contributed by atoms with Crippen LogP contribution in [0, 0.1) is 0 Å². The van der Waals surface area contributed by atoms with Crippen molar-refractivity contribution >= 4 is 5.69 Å². The van der Waals surface area contributed by atoms with Crippen LogP contribution in [-0.2, 0) is 11.2 Å². The molecule has 4 nitrogen and oxygen atoms in total. The maximum Gasteiger partial charge on any atom is 0.0594 e. The molecule has 1 aromatic carbocycles. The van der Waals surface area contributed by atoms with Crippen LogP contribution in [0.2, 0.25) is 0 Å². The summed E-state index contributed by atoms with van der Waals surface area (Å²) in [5.74, 6) is 0. The third-order valence-electron chi connectivity index (χ3n) is 4.41. The Morgan fingerprint density at radius 3 is 3.00 bits per heavy atom. The van der Waals surface area contributed by atoms with Gasteiger partial charge in [0.2, 0.25) is 0 Å². The van der Waals surface area contributed by atoms with E-state index in [9.17, 15) is 0 Å². The molecule has 1 fully saturated rings. The number of nitrogen functional groups attached to an aromatic ring is 1. The molecule has 1 aromatic rings. The van der Waals surface area contributed by atoms with Crippen LogP contribution in [-0.4, -0.2) is 44.3 Å². The van der Waals surface area contributed by atoms with Crippen molar-refractivity contribution in [2.24, 2.45) is 0 Å². The average Bonchev–Trinajstić information content (AvgIpc) is 2.49. The first kappa shape index (κ1) is 13.9. The van der Waals surface area contributed by atoms with Gasteiger partial charge in [-0.15, -0.1) is 0 Å². The maximum atomic E-state index is 5.94. The van der Waals surface area contributed by atoms with E-state index in [0.717, 1.165) is 45.1 Å². The highest BCUT2D eigenvalue weighted by Gasteiger charge is 2.20. The summed E-state index contributed by atoms with van der Waals surface area (Å²) in [6.07, 6.45) is 3.68. The normalized spacial score (nSPS) is 23.5. The third kappa shape index (κ3) is 3.32. The molecular formula is C16H25N3O. The molecular weight excluding hydrogens is 250 g/mol. The van der Waals surface area contributed by atoms with Gasteiger partial charge in [0.25, 0.3) is 0 Å². The molecule has 1 aliphatic heterocycles. The molecule has 1 unspecified atom stereocenters. The van der Waals surface area contributed by atoms with Crippen LogP contribution in [0.15, 0.2) is 18.2 Å². The van der Waals surface area contributed by atoms with E-state index >= 15 is 0 Å². The van der Waals surface area contributed by atoms with Crippen LogP contribution >= 0.6 is 0 Å². The van der Waals surface area contributed by atoms with Gasteiger partial charge in [-0.2, -0.15) is 0 Å². The minimum absolute atomic E-state index is 0.475. The Labute approximate surface area is 121 Å². The second-order valence-corrected chi connectivity index (χ2v) is 5.81. The molecule has 4 heteroatoms. The Hall–Kier alpha value is -1.10. The predicted octanol–water partition coefficient (Wildman–Crippen LogP) is 1.57. The number of anilines is 1. The molecule has 0 radical (unpaired) electrons. The molecule has 0 aromatic heterocycles. The third-order valence-corrected chi connectivity index (χ3v) is 4.41. The van der Waals surface area contributed by atoms with Crippen LogP contribution < -0.4 is 11.1 Å². The first-order chi connectivity index (χ1) is 9.83. The topological polar surface area (TPSA) is 50.5 Å². The van der Waals surface area contributed by atoms with Gasteiger partial charge in [-0.1, -0.05) is 6.07 Å². The SMILES string of the molecule is Nc1ccc2c(c1)C(NCCN1CCOCC1)CCC2. The summed E-state index contributed by atoms with van der Waals surface area (Å²) >= 11 is 0. The minimum atomic E-state index is 0.475. The van der Waals surface area contributed by atoms with Crippen molar-refractivity contribution in [3.05, 3.63) is 29.3 Å². The van der Waals surface area contributed by atoms with Crippen molar-refractivity contribution in [1.82, 2.24) is 10.2 Å². The number of ether oxygens (including phenoxy) is 1. The number of aryl methyl sites for hydroxylation is 1. The fraction of sp³-hybridized carbons (Fsp3) is 0.625. The quantitative estimate of drug-likeness (QED) is 0.819. The molecule has 3 N–H and O–H groups in total. The van der Waals surface area contributed by atoms with Gasteiger partial charge >= 0.3 is 0 Å². The van der Waals surface area contributed by atoms with Gasteiger partial charge in [0, 0.05) is 37.9 Å². The molecule has 2 aliphatic rings. The molecule has 0 amide bonds. The molecule has 20 heavy (non-hydrogen) atoms. The van der Waals surface area contributed by atoms with Crippen molar-refractivity contribution in [2.45, 2.75) is 25.3 Å². The predicted molar refractivity (Wildman–Crippen MR) is 81.8 cm³/mol. The highest BCUT2D eigenvalue weighted by Crippen LogP contribution is 2.30. The van der Waals surface area contributed by atoms with Gasteiger partial charge in [-0.25, -0.2) is 0 Å². The van der Waals surface area contributed by atoms with E-state index in [2.05, 4.69) is 22.3 Å². The van der Waals surface area contributed by atoms with Crippen LogP contribution in [0.5, 0.6) is 0 Å². The van der Waals surface area contributed by atoms with E-state index in [4.69, 9.17) is 10.5 Å². The summed E-state index contributed by atoms with van der Waals surface area (Å²) in [6, 6.07) is 6.85. The zero-order chi connectivity index (χ0) is 13.8. The van der Waals surface area contributed by atoms with Crippen molar-refractivity contribution in [3.63, 3.8) is 0 Å². The van der Waals surface area contributed by atoms with E-state index in [0.29, 0.717) is 6.04 Å². The molecule has 110 valence electrons. The number of nitrogens with two attached hydrogens (primary N) is 1. The molecule has 1 aliphatic carbocycles. The molecule has 3 rings (SSSR count). The molecule has 0 bridgehead atoms. The fourth-order valence-corrected chi connectivity index (χ4v) is 3.25. The Morgan fingerprint density at radius 1 is 1.30 bits per heavy atom. The van der Waals surface area contributed by atoms with Gasteiger partial charge < -0.3 is 15.8 Å². The van der Waals surface area contributed by atoms with Gasteiger partial charge in [-0.3, -0.25) is 4.90 Å². The van der Waals surface area contributed by atoms with Crippen LogP contribution in [0.4, 0.5) is 5.69 Å². The Kier molecular flexibility index (Phi) is 4.55. The Morgan fingerprint density at radius 2 is 2.15 bits per heavy atom. The second-order valence-electron chi connectivity index (χ2n) is 5.81. The highest BCUT2D eigenvalue weighted by molar-refractivity contribution is 5.46. The van der Waals surface area contributed by atoms with Crippen molar-refractivity contribution < 1.29 is 4.74 Å². The average molecular weight is 275 g/mol. The summed E-state index contributed by atoms with van der Waals surface area (Å²) in [5.41, 5.74) is 9.70. The lowest BCUT2D eigenvalue weighted by atomic mass is 9.87. The van der Waals surface area contributed by atoms with Gasteiger partial charge in [-0.05, 0) is 42.5 Å². The molecule has 1 saturated heterocycles. The van der Waals surface area contributed by atoms with Crippen molar-refractivity contribution in [3.8, 4) is 0 Å². The van der Waals surface area contributed by atoms with Gasteiger partial charge in [0.15, 0.2) is 0 Å². The van der Waals surface area contributed by atoms with Crippen LogP contribution in [0.25, 0.3) is 0 Å². The number of benzene rings is 1. The number of rotatable bonds is 4. The van der Waals surface area contributed by atoms with Gasteiger partial charge in [0.1, 0.15) is 0 Å². The first-order valence-electron chi connectivity index (χ1n) is 7.75. The highest BCUT2D eigenvalue weighted by atomic mass is 16.5. The molecule has 0 saturated carbocycles.